The molecule has 0 N–H and O–H groups in total. The fraction of sp³-hybridized carbons (Fsp3) is 0.125. The Balaban J connectivity index is 3.18. The molecule has 0 saturated carbocycles. The van der Waals surface area contributed by atoms with Gasteiger partial charge in [0.15, 0.2) is 0 Å². The van der Waals surface area contributed by atoms with Crippen molar-refractivity contribution in [2.45, 2.75) is 4.83 Å². The Hall–Kier alpha value is -0.150. The first kappa shape index (κ1) is 9.93. The van der Waals surface area contributed by atoms with Gasteiger partial charge in [-0.25, -0.2) is 4.39 Å². The lowest BCUT2D eigenvalue weighted by molar-refractivity contribution is 0.607. The molecule has 62 valence electrons. The third kappa shape index (κ3) is 1.96. The Morgan fingerprint density at radius 2 is 2.25 bits per heavy atom. The monoisotopic (exact) mass is 339 g/mol. The SMILES string of the molecule is N#CC(Br)c1cccc(I)c1F. The van der Waals surface area contributed by atoms with Gasteiger partial charge in [-0.2, -0.15) is 5.26 Å². The van der Waals surface area contributed by atoms with Gasteiger partial charge in [-0.05, 0) is 28.7 Å². The molecular formula is C8H4BrFIN. The van der Waals surface area contributed by atoms with Crippen LogP contribution in [-0.4, -0.2) is 0 Å². The molecule has 0 bridgehead atoms. The molecule has 0 aromatic heterocycles. The van der Waals surface area contributed by atoms with E-state index >= 15 is 0 Å². The number of halogens is 3. The molecule has 0 saturated heterocycles. The molecule has 1 rings (SSSR count). The third-order valence-corrected chi connectivity index (χ3v) is 2.90. The summed E-state index contributed by atoms with van der Waals surface area (Å²) in [5.74, 6) is -0.318. The van der Waals surface area contributed by atoms with E-state index in [1.54, 1.807) is 18.2 Å². The highest BCUT2D eigenvalue weighted by molar-refractivity contribution is 14.1. The van der Waals surface area contributed by atoms with Crippen LogP contribution < -0.4 is 0 Å². The first-order chi connectivity index (χ1) is 5.66. The van der Waals surface area contributed by atoms with E-state index in [1.165, 1.54) is 0 Å². The first-order valence-corrected chi connectivity index (χ1v) is 5.14. The predicted octanol–water partition coefficient (Wildman–Crippen LogP) is 3.39. The molecule has 0 radical (unpaired) electrons. The number of nitriles is 1. The van der Waals surface area contributed by atoms with Crippen LogP contribution in [0.25, 0.3) is 0 Å². The zero-order chi connectivity index (χ0) is 9.14. The summed E-state index contributed by atoms with van der Waals surface area (Å²) in [7, 11) is 0. The summed E-state index contributed by atoms with van der Waals surface area (Å²) < 4.78 is 13.8. The fourth-order valence-electron chi connectivity index (χ4n) is 0.786. The molecule has 0 spiro atoms. The van der Waals surface area contributed by atoms with Gasteiger partial charge >= 0.3 is 0 Å². The minimum Gasteiger partial charge on any atom is -0.205 e. The maximum Gasteiger partial charge on any atom is 0.141 e. The summed E-state index contributed by atoms with van der Waals surface area (Å²) in [4.78, 5) is -0.563. The average Bonchev–Trinajstić information content (AvgIpc) is 2.08. The summed E-state index contributed by atoms with van der Waals surface area (Å²) in [6, 6.07) is 6.91. The number of nitrogens with zero attached hydrogens (tertiary/aromatic N) is 1. The van der Waals surface area contributed by atoms with Gasteiger partial charge in [-0.3, -0.25) is 0 Å². The molecule has 0 aliphatic carbocycles. The Kier molecular flexibility index (Phi) is 3.47. The fourth-order valence-corrected chi connectivity index (χ4v) is 1.66. The number of hydrogen-bond donors (Lipinski definition) is 0. The Morgan fingerprint density at radius 1 is 1.58 bits per heavy atom. The van der Waals surface area contributed by atoms with E-state index in [9.17, 15) is 4.39 Å². The van der Waals surface area contributed by atoms with Crippen molar-refractivity contribution >= 4 is 38.5 Å². The summed E-state index contributed by atoms with van der Waals surface area (Å²) in [5.41, 5.74) is 0.393. The quantitative estimate of drug-likeness (QED) is 0.568. The lowest BCUT2D eigenvalue weighted by Crippen LogP contribution is -1.93. The van der Waals surface area contributed by atoms with E-state index in [4.69, 9.17) is 5.26 Å². The molecule has 1 atom stereocenters. The third-order valence-electron chi connectivity index (χ3n) is 1.37. The standard InChI is InChI=1S/C8H4BrFIN/c9-6(4-12)5-2-1-3-7(11)8(5)10/h1-3,6H. The lowest BCUT2D eigenvalue weighted by Gasteiger charge is -2.03. The van der Waals surface area contributed by atoms with Gasteiger partial charge in [0.25, 0.3) is 0 Å². The number of hydrogen-bond acceptors (Lipinski definition) is 1. The summed E-state index contributed by atoms with van der Waals surface area (Å²) in [6.07, 6.45) is 0. The van der Waals surface area contributed by atoms with Crippen molar-refractivity contribution in [3.8, 4) is 6.07 Å². The number of rotatable bonds is 1. The molecule has 1 nitrogen and oxygen atoms in total. The van der Waals surface area contributed by atoms with Gasteiger partial charge in [0.05, 0.1) is 6.07 Å². The highest BCUT2D eigenvalue weighted by atomic mass is 127. The van der Waals surface area contributed by atoms with Crippen LogP contribution in [0.3, 0.4) is 0 Å². The highest BCUT2D eigenvalue weighted by Crippen LogP contribution is 2.26. The van der Waals surface area contributed by atoms with Crippen molar-refractivity contribution in [3.63, 3.8) is 0 Å². The minimum atomic E-state index is -0.563. The zero-order valence-electron chi connectivity index (χ0n) is 5.89. The molecule has 0 fully saturated rings. The van der Waals surface area contributed by atoms with Crippen LogP contribution in [-0.2, 0) is 0 Å². The van der Waals surface area contributed by atoms with Crippen LogP contribution in [0.5, 0.6) is 0 Å². The van der Waals surface area contributed by atoms with E-state index in [0.29, 0.717) is 9.13 Å². The van der Waals surface area contributed by atoms with Crippen LogP contribution in [0.2, 0.25) is 0 Å². The van der Waals surface area contributed by atoms with Crippen molar-refractivity contribution in [1.29, 1.82) is 5.26 Å². The summed E-state index contributed by atoms with van der Waals surface area (Å²) in [6.45, 7) is 0. The molecule has 0 heterocycles. The van der Waals surface area contributed by atoms with Crippen LogP contribution >= 0.6 is 38.5 Å². The predicted molar refractivity (Wildman–Crippen MR) is 56.4 cm³/mol. The van der Waals surface area contributed by atoms with Crippen molar-refractivity contribution in [2.75, 3.05) is 0 Å². The van der Waals surface area contributed by atoms with E-state index in [2.05, 4.69) is 15.9 Å². The molecule has 0 amide bonds. The molecule has 1 aromatic carbocycles. The number of benzene rings is 1. The van der Waals surface area contributed by atoms with Gasteiger partial charge < -0.3 is 0 Å². The average molecular weight is 340 g/mol. The molecule has 12 heavy (non-hydrogen) atoms. The second kappa shape index (κ2) is 4.19. The van der Waals surface area contributed by atoms with Gasteiger partial charge in [-0.1, -0.05) is 28.1 Å². The van der Waals surface area contributed by atoms with Crippen molar-refractivity contribution < 1.29 is 4.39 Å². The van der Waals surface area contributed by atoms with Crippen LogP contribution in [0, 0.1) is 20.7 Å². The zero-order valence-corrected chi connectivity index (χ0v) is 9.63. The first-order valence-electron chi connectivity index (χ1n) is 3.14. The molecule has 1 aromatic rings. The Morgan fingerprint density at radius 3 is 2.83 bits per heavy atom. The van der Waals surface area contributed by atoms with Crippen LogP contribution in [0.15, 0.2) is 18.2 Å². The molecule has 0 aliphatic rings. The minimum absolute atomic E-state index is 0.318. The van der Waals surface area contributed by atoms with Crippen LogP contribution in [0.4, 0.5) is 4.39 Å². The maximum absolute atomic E-state index is 13.3. The van der Waals surface area contributed by atoms with Gasteiger partial charge in [-0.15, -0.1) is 0 Å². The van der Waals surface area contributed by atoms with E-state index in [1.807, 2.05) is 28.7 Å². The van der Waals surface area contributed by atoms with Gasteiger partial charge in [0.1, 0.15) is 10.6 Å². The highest BCUT2D eigenvalue weighted by Gasteiger charge is 2.12. The lowest BCUT2D eigenvalue weighted by atomic mass is 10.1. The molecule has 1 unspecified atom stereocenters. The largest absolute Gasteiger partial charge is 0.205 e. The van der Waals surface area contributed by atoms with Crippen molar-refractivity contribution in [3.05, 3.63) is 33.1 Å². The van der Waals surface area contributed by atoms with Crippen molar-refractivity contribution in [2.24, 2.45) is 0 Å². The topological polar surface area (TPSA) is 23.8 Å². The van der Waals surface area contributed by atoms with E-state index in [-0.39, 0.29) is 5.82 Å². The second-order valence-electron chi connectivity index (χ2n) is 2.13. The smallest absolute Gasteiger partial charge is 0.141 e. The van der Waals surface area contributed by atoms with Crippen LogP contribution in [0.1, 0.15) is 10.4 Å². The molecule has 0 aliphatic heterocycles. The normalized spacial score (nSPS) is 12.2. The number of alkyl halides is 1. The Bertz CT molecular complexity index is 334. The van der Waals surface area contributed by atoms with Gasteiger partial charge in [0.2, 0.25) is 0 Å². The van der Waals surface area contributed by atoms with E-state index < -0.39 is 4.83 Å². The summed E-state index contributed by atoms with van der Waals surface area (Å²) in [5, 5.41) is 8.54. The molecular weight excluding hydrogens is 336 g/mol. The summed E-state index contributed by atoms with van der Waals surface area (Å²) >= 11 is 4.96. The van der Waals surface area contributed by atoms with Gasteiger partial charge in [0, 0.05) is 9.13 Å². The van der Waals surface area contributed by atoms with E-state index in [0.717, 1.165) is 0 Å². The second-order valence-corrected chi connectivity index (χ2v) is 4.21. The molecule has 4 heteroatoms. The Labute approximate surface area is 91.8 Å². The van der Waals surface area contributed by atoms with Crippen molar-refractivity contribution in [1.82, 2.24) is 0 Å². The maximum atomic E-state index is 13.3.